The van der Waals surface area contributed by atoms with Crippen molar-refractivity contribution in [2.45, 2.75) is 13.5 Å². The van der Waals surface area contributed by atoms with E-state index in [0.717, 1.165) is 6.54 Å². The quantitative estimate of drug-likeness (QED) is 0.376. The van der Waals surface area contributed by atoms with E-state index in [0.29, 0.717) is 0 Å². The van der Waals surface area contributed by atoms with Crippen LogP contribution in [0, 0.1) is 0 Å². The highest BCUT2D eigenvalue weighted by Gasteiger charge is 2.17. The summed E-state index contributed by atoms with van der Waals surface area (Å²) in [4.78, 5) is 3.52. The van der Waals surface area contributed by atoms with Gasteiger partial charge < -0.3 is 4.98 Å². The fourth-order valence-electron chi connectivity index (χ4n) is 3.00. The number of nitrogens with one attached hydrogen (secondary N) is 1. The van der Waals surface area contributed by atoms with Crippen molar-refractivity contribution in [2.24, 2.45) is 0 Å². The predicted molar refractivity (Wildman–Crippen MR) is 94.6 cm³/mol. The van der Waals surface area contributed by atoms with Gasteiger partial charge in [0.1, 0.15) is 12.1 Å². The Morgan fingerprint density at radius 2 is 1.70 bits per heavy atom. The zero-order valence-electron chi connectivity index (χ0n) is 11.3. The van der Waals surface area contributed by atoms with E-state index in [9.17, 15) is 0 Å². The maximum Gasteiger partial charge on any atom is 0.238 e. The molecule has 0 aliphatic carbocycles. The Balaban J connectivity index is 0.00000121. The summed E-state index contributed by atoms with van der Waals surface area (Å²) in [6.07, 6.45) is 0. The second kappa shape index (κ2) is 5.05. The van der Waals surface area contributed by atoms with E-state index in [1.54, 1.807) is 0 Å². The van der Waals surface area contributed by atoms with Crippen LogP contribution in [0.2, 0.25) is 0 Å². The molecule has 0 bridgehead atoms. The van der Waals surface area contributed by atoms with Gasteiger partial charge >= 0.3 is 0 Å². The zero-order valence-corrected chi connectivity index (χ0v) is 13.6. The van der Waals surface area contributed by atoms with Crippen molar-refractivity contribution >= 4 is 56.8 Å². The van der Waals surface area contributed by atoms with E-state index in [2.05, 4.69) is 71.1 Å². The van der Waals surface area contributed by atoms with E-state index in [1.165, 1.54) is 32.8 Å². The van der Waals surface area contributed by atoms with Crippen molar-refractivity contribution < 1.29 is 4.57 Å². The second-order valence-electron chi connectivity index (χ2n) is 4.88. The van der Waals surface area contributed by atoms with Crippen molar-refractivity contribution in [3.8, 4) is 0 Å². The van der Waals surface area contributed by atoms with E-state index in [-0.39, 0.29) is 24.0 Å². The number of hydrogen-bond donors (Lipinski definition) is 1. The van der Waals surface area contributed by atoms with Crippen LogP contribution >= 0.6 is 24.0 Å². The lowest BCUT2D eigenvalue weighted by Gasteiger charge is -2.01. The molecule has 0 atom stereocenters. The summed E-state index contributed by atoms with van der Waals surface area (Å²) in [6.45, 7) is 3.17. The van der Waals surface area contributed by atoms with Gasteiger partial charge in [-0.3, -0.25) is 0 Å². The van der Waals surface area contributed by atoms with E-state index >= 15 is 0 Å². The number of para-hydroxylation sites is 2. The fourth-order valence-corrected chi connectivity index (χ4v) is 3.00. The van der Waals surface area contributed by atoms with Crippen molar-refractivity contribution in [1.82, 2.24) is 4.98 Å². The molecule has 0 fully saturated rings. The molecule has 0 aliphatic heterocycles. The molecule has 1 N–H and O–H groups in total. The number of aromatic amines is 1. The van der Waals surface area contributed by atoms with Crippen LogP contribution in [0.3, 0.4) is 0 Å². The van der Waals surface area contributed by atoms with Crippen LogP contribution in [0.15, 0.2) is 54.6 Å². The van der Waals surface area contributed by atoms with Crippen LogP contribution < -0.4 is 4.57 Å². The molecule has 4 rings (SSSR count). The average molecular weight is 375 g/mol. The minimum atomic E-state index is 0. The van der Waals surface area contributed by atoms with Gasteiger partial charge in [0.15, 0.2) is 0 Å². The number of benzene rings is 2. The van der Waals surface area contributed by atoms with Gasteiger partial charge in [0.2, 0.25) is 11.0 Å². The summed E-state index contributed by atoms with van der Waals surface area (Å²) in [5, 5.41) is 2.58. The van der Waals surface area contributed by atoms with Crippen LogP contribution in [-0.2, 0) is 6.54 Å². The minimum absolute atomic E-state index is 0. The smallest absolute Gasteiger partial charge is 0.238 e. The number of pyridine rings is 1. The molecule has 100 valence electrons. The summed E-state index contributed by atoms with van der Waals surface area (Å²) in [5.41, 5.74) is 5.01. The summed E-state index contributed by atoms with van der Waals surface area (Å²) in [7, 11) is 0. The van der Waals surface area contributed by atoms with Gasteiger partial charge in [-0.15, -0.1) is 24.0 Å². The number of halogens is 1. The molecule has 0 aliphatic rings. The average Bonchev–Trinajstić information content (AvgIpc) is 2.82. The largest absolute Gasteiger partial charge is 0.349 e. The molecule has 2 nitrogen and oxygen atoms in total. The van der Waals surface area contributed by atoms with Crippen molar-refractivity contribution in [3.05, 3.63) is 54.6 Å². The maximum atomic E-state index is 3.52. The molecule has 0 radical (unpaired) electrons. The lowest BCUT2D eigenvalue weighted by Crippen LogP contribution is -2.33. The van der Waals surface area contributed by atoms with E-state index in [1.807, 2.05) is 0 Å². The fraction of sp³-hybridized carbons (Fsp3) is 0.118. The lowest BCUT2D eigenvalue weighted by atomic mass is 10.1. The monoisotopic (exact) mass is 375 g/mol. The molecule has 2 aromatic heterocycles. The molecule has 0 amide bonds. The van der Waals surface area contributed by atoms with Crippen LogP contribution in [0.4, 0.5) is 0 Å². The Bertz CT molecular complexity index is 909. The number of aromatic nitrogens is 2. The van der Waals surface area contributed by atoms with Crippen molar-refractivity contribution in [1.29, 1.82) is 0 Å². The third-order valence-electron chi connectivity index (χ3n) is 3.82. The molecule has 2 aromatic carbocycles. The first-order chi connectivity index (χ1) is 9.38. The maximum absolute atomic E-state index is 3.52. The Hall–Kier alpha value is -1.62. The van der Waals surface area contributed by atoms with Gasteiger partial charge in [0.05, 0.1) is 10.9 Å². The van der Waals surface area contributed by atoms with Crippen LogP contribution in [0.1, 0.15) is 6.92 Å². The van der Waals surface area contributed by atoms with Crippen molar-refractivity contribution in [2.75, 3.05) is 0 Å². The molecule has 20 heavy (non-hydrogen) atoms. The highest BCUT2D eigenvalue weighted by atomic mass is 127. The Morgan fingerprint density at radius 1 is 0.950 bits per heavy atom. The number of rotatable bonds is 1. The summed E-state index contributed by atoms with van der Waals surface area (Å²) in [5.74, 6) is 0. The van der Waals surface area contributed by atoms with Gasteiger partial charge in [0.25, 0.3) is 0 Å². The highest BCUT2D eigenvalue weighted by Crippen LogP contribution is 2.25. The number of H-pyrrole nitrogens is 1. The lowest BCUT2D eigenvalue weighted by molar-refractivity contribution is -0.640. The van der Waals surface area contributed by atoms with Gasteiger partial charge in [-0.05, 0) is 31.2 Å². The Labute approximate surface area is 134 Å². The van der Waals surface area contributed by atoms with Crippen molar-refractivity contribution in [3.63, 3.8) is 0 Å². The Kier molecular flexibility index (Phi) is 3.38. The third-order valence-corrected chi connectivity index (χ3v) is 3.82. The van der Waals surface area contributed by atoms with Gasteiger partial charge in [-0.1, -0.05) is 24.3 Å². The van der Waals surface area contributed by atoms with Gasteiger partial charge in [-0.25, -0.2) is 0 Å². The number of aryl methyl sites for hydroxylation is 1. The van der Waals surface area contributed by atoms with E-state index in [4.69, 9.17) is 0 Å². The van der Waals surface area contributed by atoms with Crippen LogP contribution in [0.5, 0.6) is 0 Å². The first-order valence-electron chi connectivity index (χ1n) is 6.70. The van der Waals surface area contributed by atoms with E-state index < -0.39 is 0 Å². The standard InChI is InChI=1S/C17H14N2.HI/c1-2-19-16-10-6-3-7-12(16)11-15-17(19)13-8-4-5-9-14(13)18-15;/h3-11H,2H2,1H3;1H/p+1. The van der Waals surface area contributed by atoms with Crippen LogP contribution in [-0.4, -0.2) is 4.98 Å². The summed E-state index contributed by atoms with van der Waals surface area (Å²) >= 11 is 0. The highest BCUT2D eigenvalue weighted by molar-refractivity contribution is 14.0. The van der Waals surface area contributed by atoms with Crippen LogP contribution in [0.25, 0.3) is 32.8 Å². The number of nitrogens with zero attached hydrogens (tertiary/aromatic N) is 1. The summed E-state index contributed by atoms with van der Waals surface area (Å²) < 4.78 is 2.39. The molecule has 0 saturated carbocycles. The molecular formula is C17H16IN2+. The molecular weight excluding hydrogens is 359 g/mol. The normalized spacial score (nSPS) is 11.1. The first kappa shape index (κ1) is 13.4. The molecule has 4 aromatic rings. The predicted octanol–water partition coefficient (Wildman–Crippen LogP) is 4.40. The molecule has 0 spiro atoms. The summed E-state index contributed by atoms with van der Waals surface area (Å²) in [6, 6.07) is 19.3. The Morgan fingerprint density at radius 3 is 2.55 bits per heavy atom. The topological polar surface area (TPSA) is 19.7 Å². The third kappa shape index (κ3) is 1.80. The SMILES string of the molecule is CC[n+]1c2ccccc2cc2[nH]c3ccccc3c21.I. The molecule has 0 saturated heterocycles. The molecule has 0 unspecified atom stereocenters. The second-order valence-corrected chi connectivity index (χ2v) is 4.88. The zero-order chi connectivity index (χ0) is 12.8. The first-order valence-corrected chi connectivity index (χ1v) is 6.70. The molecule has 3 heteroatoms. The number of hydrogen-bond acceptors (Lipinski definition) is 0. The molecule has 2 heterocycles. The van der Waals surface area contributed by atoms with Gasteiger partial charge in [-0.2, -0.15) is 4.57 Å². The van der Waals surface area contributed by atoms with Gasteiger partial charge in [0, 0.05) is 11.5 Å². The number of fused-ring (bicyclic) bond motifs is 4. The minimum Gasteiger partial charge on any atom is -0.349 e.